The molecule has 1 aliphatic heterocycles. The van der Waals surface area contributed by atoms with Crippen molar-refractivity contribution in [2.75, 3.05) is 13.2 Å². The predicted molar refractivity (Wildman–Crippen MR) is 59.6 cm³/mol. The molecule has 1 saturated heterocycles. The normalized spacial score (nSPS) is 20.7. The predicted octanol–water partition coefficient (Wildman–Crippen LogP) is 3.50. The first-order chi connectivity index (χ1) is 7.57. The molecule has 0 N–H and O–H groups in total. The summed E-state index contributed by atoms with van der Waals surface area (Å²) in [5.41, 5.74) is -0.00255. The minimum absolute atomic E-state index is 0.00255. The monoisotopic (exact) mass is 244 g/mol. The average molecular weight is 244 g/mol. The molecule has 5 heteroatoms. The number of hydrogen-bond donors (Lipinski definition) is 0. The summed E-state index contributed by atoms with van der Waals surface area (Å²) >= 11 is 0. The third-order valence-corrected chi connectivity index (χ3v) is 3.16. The van der Waals surface area contributed by atoms with E-state index in [0.717, 1.165) is 0 Å². The van der Waals surface area contributed by atoms with Gasteiger partial charge in [-0.3, -0.25) is 0 Å². The fourth-order valence-electron chi connectivity index (χ4n) is 1.19. The SMILES string of the molecule is CC1(C)COP(Oc2ccccc2F)OC1. The Balaban J connectivity index is 1.95. The Morgan fingerprint density at radius 1 is 1.25 bits per heavy atom. The van der Waals surface area contributed by atoms with E-state index in [4.69, 9.17) is 13.6 Å². The second kappa shape index (κ2) is 4.66. The van der Waals surface area contributed by atoms with Crippen LogP contribution in [0.15, 0.2) is 24.3 Å². The molecule has 1 fully saturated rings. The molecule has 2 rings (SSSR count). The van der Waals surface area contributed by atoms with E-state index in [1.54, 1.807) is 18.2 Å². The Hall–Kier alpha value is -0.700. The van der Waals surface area contributed by atoms with Crippen LogP contribution >= 0.6 is 8.60 Å². The van der Waals surface area contributed by atoms with Crippen molar-refractivity contribution < 1.29 is 18.0 Å². The van der Waals surface area contributed by atoms with Crippen molar-refractivity contribution >= 4 is 8.60 Å². The highest BCUT2D eigenvalue weighted by molar-refractivity contribution is 7.42. The second-order valence-corrected chi connectivity index (χ2v) is 5.60. The number of benzene rings is 1. The van der Waals surface area contributed by atoms with E-state index in [9.17, 15) is 4.39 Å². The van der Waals surface area contributed by atoms with Gasteiger partial charge in [0.1, 0.15) is 0 Å². The summed E-state index contributed by atoms with van der Waals surface area (Å²) in [6.07, 6.45) is 0. The van der Waals surface area contributed by atoms with Crippen LogP contribution in [0.2, 0.25) is 0 Å². The lowest BCUT2D eigenvalue weighted by molar-refractivity contribution is 0.0422. The van der Waals surface area contributed by atoms with Crippen molar-refractivity contribution in [3.63, 3.8) is 0 Å². The molecule has 0 atom stereocenters. The van der Waals surface area contributed by atoms with Gasteiger partial charge in [0.15, 0.2) is 11.6 Å². The van der Waals surface area contributed by atoms with Crippen LogP contribution in [0.25, 0.3) is 0 Å². The van der Waals surface area contributed by atoms with E-state index in [0.29, 0.717) is 13.2 Å². The molecule has 0 bridgehead atoms. The first-order valence-corrected chi connectivity index (χ1v) is 6.15. The molecule has 1 aromatic rings. The fraction of sp³-hybridized carbons (Fsp3) is 0.455. The van der Waals surface area contributed by atoms with Crippen LogP contribution < -0.4 is 4.52 Å². The lowest BCUT2D eigenvalue weighted by Crippen LogP contribution is -2.29. The maximum Gasteiger partial charge on any atom is 0.397 e. The molecule has 1 aromatic carbocycles. The maximum absolute atomic E-state index is 13.3. The van der Waals surface area contributed by atoms with E-state index < -0.39 is 14.4 Å². The van der Waals surface area contributed by atoms with E-state index >= 15 is 0 Å². The Labute approximate surface area is 95.5 Å². The van der Waals surface area contributed by atoms with Crippen molar-refractivity contribution in [1.82, 2.24) is 0 Å². The third-order valence-electron chi connectivity index (χ3n) is 2.13. The van der Waals surface area contributed by atoms with E-state index in [-0.39, 0.29) is 11.2 Å². The summed E-state index contributed by atoms with van der Waals surface area (Å²) in [5.74, 6) is -0.227. The van der Waals surface area contributed by atoms with Gasteiger partial charge in [-0.15, -0.1) is 0 Å². The number of hydrogen-bond acceptors (Lipinski definition) is 3. The standard InChI is InChI=1S/C11H14FO3P/c1-11(2)7-13-16(14-8-11)15-10-6-4-3-5-9(10)12/h3-6H,7-8H2,1-2H3. The smallest absolute Gasteiger partial charge is 0.397 e. The minimum atomic E-state index is -1.46. The molecule has 88 valence electrons. The van der Waals surface area contributed by atoms with Crippen LogP contribution in [0.3, 0.4) is 0 Å². The highest BCUT2D eigenvalue weighted by Crippen LogP contribution is 2.47. The van der Waals surface area contributed by atoms with E-state index in [1.807, 2.05) is 13.8 Å². The Kier molecular flexibility index (Phi) is 3.43. The number of halogens is 1. The van der Waals surface area contributed by atoms with Crippen LogP contribution in [-0.2, 0) is 9.05 Å². The number of para-hydroxylation sites is 1. The molecule has 0 radical (unpaired) electrons. The van der Waals surface area contributed by atoms with Crippen LogP contribution in [0, 0.1) is 11.2 Å². The van der Waals surface area contributed by atoms with E-state index in [1.165, 1.54) is 6.07 Å². The number of rotatable bonds is 2. The zero-order chi connectivity index (χ0) is 11.6. The van der Waals surface area contributed by atoms with Gasteiger partial charge >= 0.3 is 8.60 Å². The summed E-state index contributed by atoms with van der Waals surface area (Å²) in [7, 11) is -1.46. The molecule has 0 saturated carbocycles. The molecule has 1 aliphatic rings. The van der Waals surface area contributed by atoms with Crippen molar-refractivity contribution in [3.8, 4) is 5.75 Å². The van der Waals surface area contributed by atoms with Gasteiger partial charge < -0.3 is 13.6 Å². The highest BCUT2D eigenvalue weighted by Gasteiger charge is 2.31. The lowest BCUT2D eigenvalue weighted by atomic mass is 9.97. The van der Waals surface area contributed by atoms with Crippen LogP contribution in [0.4, 0.5) is 4.39 Å². The summed E-state index contributed by atoms with van der Waals surface area (Å²) in [5, 5.41) is 0. The second-order valence-electron chi connectivity index (χ2n) is 4.46. The third kappa shape index (κ3) is 2.91. The van der Waals surface area contributed by atoms with Crippen LogP contribution in [0.1, 0.15) is 13.8 Å². The summed E-state index contributed by atoms with van der Waals surface area (Å²) in [6, 6.07) is 6.23. The Morgan fingerprint density at radius 2 is 1.88 bits per heavy atom. The Bertz CT molecular complexity index is 360. The summed E-state index contributed by atoms with van der Waals surface area (Å²) in [6.45, 7) is 5.21. The maximum atomic E-state index is 13.3. The molecule has 0 unspecified atom stereocenters. The van der Waals surface area contributed by atoms with Crippen molar-refractivity contribution in [2.24, 2.45) is 5.41 Å². The van der Waals surface area contributed by atoms with Gasteiger partial charge in [0.2, 0.25) is 0 Å². The lowest BCUT2D eigenvalue weighted by Gasteiger charge is -2.32. The van der Waals surface area contributed by atoms with Gasteiger partial charge in [-0.25, -0.2) is 4.39 Å². The molecule has 1 heterocycles. The molecular weight excluding hydrogens is 230 g/mol. The van der Waals surface area contributed by atoms with Gasteiger partial charge in [-0.2, -0.15) is 0 Å². The molecule has 16 heavy (non-hydrogen) atoms. The van der Waals surface area contributed by atoms with Gasteiger partial charge in [-0.05, 0) is 12.1 Å². The van der Waals surface area contributed by atoms with Crippen LogP contribution in [-0.4, -0.2) is 13.2 Å². The molecule has 0 spiro atoms. The van der Waals surface area contributed by atoms with E-state index in [2.05, 4.69) is 0 Å². The van der Waals surface area contributed by atoms with Gasteiger partial charge in [0.05, 0.1) is 13.2 Å². The molecule has 0 aliphatic carbocycles. The zero-order valence-electron chi connectivity index (χ0n) is 9.27. The van der Waals surface area contributed by atoms with Gasteiger partial charge in [-0.1, -0.05) is 26.0 Å². The Morgan fingerprint density at radius 3 is 2.50 bits per heavy atom. The topological polar surface area (TPSA) is 27.7 Å². The van der Waals surface area contributed by atoms with Crippen molar-refractivity contribution in [3.05, 3.63) is 30.1 Å². The zero-order valence-corrected chi connectivity index (χ0v) is 10.2. The first-order valence-electron chi connectivity index (χ1n) is 5.05. The molecule has 3 nitrogen and oxygen atoms in total. The molecule has 0 amide bonds. The average Bonchev–Trinajstić information content (AvgIpc) is 2.24. The fourth-order valence-corrected chi connectivity index (χ4v) is 2.58. The molecule has 0 aromatic heterocycles. The first kappa shape index (κ1) is 11.8. The summed E-state index contributed by atoms with van der Waals surface area (Å²) < 4.78 is 29.4. The van der Waals surface area contributed by atoms with Gasteiger partial charge in [0.25, 0.3) is 0 Å². The quantitative estimate of drug-likeness (QED) is 0.745. The minimum Gasteiger partial charge on any atom is -0.424 e. The van der Waals surface area contributed by atoms with Crippen molar-refractivity contribution in [1.29, 1.82) is 0 Å². The molecular formula is C11H14FO3P. The van der Waals surface area contributed by atoms with Crippen LogP contribution in [0.5, 0.6) is 5.75 Å². The van der Waals surface area contributed by atoms with Gasteiger partial charge in [0, 0.05) is 5.41 Å². The van der Waals surface area contributed by atoms with Crippen molar-refractivity contribution in [2.45, 2.75) is 13.8 Å². The highest BCUT2D eigenvalue weighted by atomic mass is 31.2. The largest absolute Gasteiger partial charge is 0.424 e. The summed E-state index contributed by atoms with van der Waals surface area (Å²) in [4.78, 5) is 0.